The largest absolute Gasteiger partial charge is 0.446 e. The number of aryl methyl sites for hydroxylation is 1. The van der Waals surface area contributed by atoms with Gasteiger partial charge in [-0.05, 0) is 36.5 Å². The van der Waals surface area contributed by atoms with Crippen molar-refractivity contribution >= 4 is 20.8 Å². The minimum Gasteiger partial charge on any atom is -0.362 e. The summed E-state index contributed by atoms with van der Waals surface area (Å²) < 4.78 is 70.1. The summed E-state index contributed by atoms with van der Waals surface area (Å²) in [5, 5.41) is 0. The molecule has 0 aromatic heterocycles. The van der Waals surface area contributed by atoms with Crippen molar-refractivity contribution in [2.45, 2.75) is 90.9 Å². The van der Waals surface area contributed by atoms with Crippen LogP contribution in [-0.4, -0.2) is 25.9 Å². The number of hydrogen-bond acceptors (Lipinski definition) is 6. The van der Waals surface area contributed by atoms with Crippen LogP contribution in [0.1, 0.15) is 90.0 Å². The van der Waals surface area contributed by atoms with Crippen LogP contribution in [0.3, 0.4) is 0 Å². The maximum Gasteiger partial charge on any atom is 0.446 e. The first-order chi connectivity index (χ1) is 14.5. The maximum atomic E-state index is 10.9. The van der Waals surface area contributed by atoms with E-state index in [9.17, 15) is 16.8 Å². The van der Waals surface area contributed by atoms with E-state index in [1.807, 2.05) is 0 Å². The van der Waals surface area contributed by atoms with Crippen LogP contribution < -0.4 is 8.37 Å². The molecule has 0 fully saturated rings. The third-order valence-electron chi connectivity index (χ3n) is 5.04. The van der Waals surface area contributed by atoms with E-state index in [-0.39, 0.29) is 11.5 Å². The highest BCUT2D eigenvalue weighted by atomic mass is 32.3. The molecule has 31 heavy (non-hydrogen) atoms. The molecule has 0 unspecified atom stereocenters. The maximum absolute atomic E-state index is 10.9. The van der Waals surface area contributed by atoms with E-state index in [0.717, 1.165) is 37.7 Å². The first-order valence-electron chi connectivity index (χ1n) is 11.0. The Morgan fingerprint density at radius 3 is 1.65 bits per heavy atom. The molecule has 0 saturated carbocycles. The summed E-state index contributed by atoms with van der Waals surface area (Å²) in [7, 11) is -9.54. The van der Waals surface area contributed by atoms with E-state index in [2.05, 4.69) is 22.2 Å². The first kappa shape index (κ1) is 27.7. The number of hydrogen-bond donors (Lipinski definition) is 2. The van der Waals surface area contributed by atoms with Crippen LogP contribution in [0.2, 0.25) is 0 Å². The van der Waals surface area contributed by atoms with E-state index in [1.165, 1.54) is 57.1 Å². The molecule has 1 aromatic rings. The van der Waals surface area contributed by atoms with E-state index in [0.29, 0.717) is 12.0 Å². The second kappa shape index (κ2) is 13.9. The van der Waals surface area contributed by atoms with Crippen molar-refractivity contribution in [1.29, 1.82) is 0 Å². The lowest BCUT2D eigenvalue weighted by Crippen LogP contribution is -2.09. The topological polar surface area (TPSA) is 127 Å². The minimum absolute atomic E-state index is 0.299. The molecule has 0 saturated heterocycles. The molecule has 0 heterocycles. The third kappa shape index (κ3) is 15.1. The normalized spacial score (nSPS) is 13.2. The number of unbranched alkanes of at least 4 members (excludes halogenated alkanes) is 7. The summed E-state index contributed by atoms with van der Waals surface area (Å²) in [6.07, 6.45) is 13.5. The molecule has 1 rings (SSSR count). The fourth-order valence-corrected chi connectivity index (χ4v) is 4.31. The molecule has 0 aliphatic rings. The van der Waals surface area contributed by atoms with Crippen molar-refractivity contribution in [2.24, 2.45) is 5.92 Å². The molecule has 8 nitrogen and oxygen atoms in total. The lowest BCUT2D eigenvalue weighted by molar-refractivity contribution is 0.381. The summed E-state index contributed by atoms with van der Waals surface area (Å²) in [6, 6.07) is 3.71. The average molecular weight is 481 g/mol. The van der Waals surface area contributed by atoms with Gasteiger partial charge in [0.1, 0.15) is 11.5 Å². The Morgan fingerprint density at radius 1 is 0.742 bits per heavy atom. The van der Waals surface area contributed by atoms with Crippen LogP contribution in [0.4, 0.5) is 0 Å². The van der Waals surface area contributed by atoms with Gasteiger partial charge in [-0.1, -0.05) is 78.1 Å². The Balaban J connectivity index is 2.37. The summed E-state index contributed by atoms with van der Waals surface area (Å²) in [5.41, 5.74) is 0.570. The van der Waals surface area contributed by atoms with Gasteiger partial charge >= 0.3 is 20.8 Å². The van der Waals surface area contributed by atoms with Gasteiger partial charge < -0.3 is 8.37 Å². The van der Waals surface area contributed by atoms with Gasteiger partial charge in [0.2, 0.25) is 0 Å². The van der Waals surface area contributed by atoms with Crippen LogP contribution in [0, 0.1) is 5.92 Å². The lowest BCUT2D eigenvalue weighted by Gasteiger charge is -2.10. The Labute approximate surface area is 187 Å². The highest BCUT2D eigenvalue weighted by Crippen LogP contribution is 2.26. The monoisotopic (exact) mass is 480 g/mol. The van der Waals surface area contributed by atoms with E-state index < -0.39 is 20.8 Å². The van der Waals surface area contributed by atoms with Crippen molar-refractivity contribution in [3.05, 3.63) is 23.8 Å². The predicted molar refractivity (Wildman–Crippen MR) is 120 cm³/mol. The van der Waals surface area contributed by atoms with Gasteiger partial charge in [-0.25, -0.2) is 0 Å². The molecule has 1 aromatic carbocycles. The van der Waals surface area contributed by atoms with Crippen LogP contribution in [0.15, 0.2) is 18.2 Å². The van der Waals surface area contributed by atoms with Gasteiger partial charge in [-0.3, -0.25) is 9.11 Å². The molecule has 0 radical (unpaired) electrons. The molecule has 0 spiro atoms. The fourth-order valence-electron chi connectivity index (χ4n) is 3.63. The van der Waals surface area contributed by atoms with Crippen molar-refractivity contribution < 1.29 is 34.3 Å². The summed E-state index contributed by atoms with van der Waals surface area (Å²) in [6.45, 7) is 4.55. The van der Waals surface area contributed by atoms with E-state index in [4.69, 9.17) is 9.11 Å². The molecular weight excluding hydrogens is 444 g/mol. The predicted octanol–water partition coefficient (Wildman–Crippen LogP) is 5.54. The summed E-state index contributed by atoms with van der Waals surface area (Å²) in [4.78, 5) is 0. The number of benzene rings is 1. The smallest absolute Gasteiger partial charge is 0.362 e. The van der Waals surface area contributed by atoms with Crippen LogP contribution in [0.25, 0.3) is 0 Å². The first-order valence-corrected chi connectivity index (χ1v) is 13.7. The second-order valence-electron chi connectivity index (χ2n) is 8.10. The Hall–Kier alpha value is -1.36. The highest BCUT2D eigenvalue weighted by Gasteiger charge is 2.14. The van der Waals surface area contributed by atoms with Crippen LogP contribution in [0.5, 0.6) is 11.5 Å². The van der Waals surface area contributed by atoms with Gasteiger partial charge in [-0.15, -0.1) is 0 Å². The molecule has 180 valence electrons. The van der Waals surface area contributed by atoms with Crippen LogP contribution >= 0.6 is 0 Å². The zero-order valence-corrected chi connectivity index (χ0v) is 20.1. The second-order valence-corrected chi connectivity index (χ2v) is 10.1. The SMILES string of the molecule is CCC[C@@H](C)CCCCCCCCCCc1cc(OS(=O)(=O)O)cc(OS(=O)(=O)O)c1. The molecule has 2 N–H and O–H groups in total. The van der Waals surface area contributed by atoms with Crippen molar-refractivity contribution in [3.63, 3.8) is 0 Å². The molecule has 0 aliphatic heterocycles. The number of rotatable bonds is 17. The van der Waals surface area contributed by atoms with Crippen molar-refractivity contribution in [1.82, 2.24) is 0 Å². The van der Waals surface area contributed by atoms with Gasteiger partial charge in [-0.2, -0.15) is 16.8 Å². The molecule has 0 bridgehead atoms. The highest BCUT2D eigenvalue weighted by molar-refractivity contribution is 7.81. The molecule has 10 heteroatoms. The minimum atomic E-state index is -4.77. The summed E-state index contributed by atoms with van der Waals surface area (Å²) >= 11 is 0. The quantitative estimate of drug-likeness (QED) is 0.220. The molecule has 0 amide bonds. The Morgan fingerprint density at radius 2 is 1.19 bits per heavy atom. The molecule has 0 aliphatic carbocycles. The average Bonchev–Trinajstić information content (AvgIpc) is 2.60. The fraction of sp³-hybridized carbons (Fsp3) is 0.714. The standard InChI is InChI=1S/C21H36O8S2/c1-3-12-18(2)13-10-8-6-4-5-7-9-11-14-19-15-20(28-30(22,23)24)17-21(16-19)29-31(25,26)27/h15-18H,3-14H2,1-2H3,(H,22,23,24)(H,25,26,27)/t18-/m1/s1. The van der Waals surface area contributed by atoms with E-state index in [1.54, 1.807) is 0 Å². The zero-order chi connectivity index (χ0) is 23.3. The zero-order valence-electron chi connectivity index (χ0n) is 18.5. The van der Waals surface area contributed by atoms with Gasteiger partial charge in [0.25, 0.3) is 0 Å². The Bertz CT molecular complexity index is 798. The van der Waals surface area contributed by atoms with Crippen molar-refractivity contribution in [2.75, 3.05) is 0 Å². The summed E-state index contributed by atoms with van der Waals surface area (Å²) in [5.74, 6) is 0.230. The lowest BCUT2D eigenvalue weighted by atomic mass is 9.98. The van der Waals surface area contributed by atoms with Gasteiger partial charge in [0, 0.05) is 6.07 Å². The van der Waals surface area contributed by atoms with Crippen LogP contribution in [-0.2, 0) is 27.2 Å². The van der Waals surface area contributed by atoms with Gasteiger partial charge in [0.15, 0.2) is 0 Å². The van der Waals surface area contributed by atoms with Crippen molar-refractivity contribution in [3.8, 4) is 11.5 Å². The molecular formula is C21H36O8S2. The van der Waals surface area contributed by atoms with E-state index >= 15 is 0 Å². The third-order valence-corrected chi connectivity index (χ3v) is 5.84. The van der Waals surface area contributed by atoms with Gasteiger partial charge in [0.05, 0.1) is 0 Å². The molecule has 1 atom stereocenters. The Kier molecular flexibility index (Phi) is 12.4.